The molecule has 0 N–H and O–H groups in total. The van der Waals surface area contributed by atoms with Crippen molar-refractivity contribution in [2.75, 3.05) is 6.61 Å². The van der Waals surface area contributed by atoms with Gasteiger partial charge in [-0.2, -0.15) is 9.90 Å². The standard InChI is InChI=1S/C16H14N4O2/c1-2-22-16(21)15(18-17)13-10-6-7-11-14(13)20-19-12-8-4-3-5-9-12/h3-11H,2H2,1H3. The first-order valence-electron chi connectivity index (χ1n) is 6.71. The van der Waals surface area contributed by atoms with Crippen molar-refractivity contribution in [2.24, 2.45) is 10.2 Å². The minimum absolute atomic E-state index is 0.186. The molecule has 0 amide bonds. The quantitative estimate of drug-likeness (QED) is 0.364. The van der Waals surface area contributed by atoms with Crippen LogP contribution in [0.1, 0.15) is 12.5 Å². The molecule has 0 spiro atoms. The van der Waals surface area contributed by atoms with Crippen LogP contribution in [0.3, 0.4) is 0 Å². The summed E-state index contributed by atoms with van der Waals surface area (Å²) in [5, 5.41) is 8.21. The summed E-state index contributed by atoms with van der Waals surface area (Å²) in [4.78, 5) is 14.8. The lowest BCUT2D eigenvalue weighted by Gasteiger charge is -2.01. The lowest BCUT2D eigenvalue weighted by Crippen LogP contribution is -2.19. The van der Waals surface area contributed by atoms with Crippen molar-refractivity contribution in [2.45, 2.75) is 6.92 Å². The van der Waals surface area contributed by atoms with E-state index in [0.717, 1.165) is 0 Å². The summed E-state index contributed by atoms with van der Waals surface area (Å²) in [6.45, 7) is 1.86. The molecule has 2 aromatic carbocycles. The van der Waals surface area contributed by atoms with E-state index in [1.807, 2.05) is 18.2 Å². The Hall–Kier alpha value is -3.11. The molecular formula is C16H14N4O2. The van der Waals surface area contributed by atoms with Crippen molar-refractivity contribution < 1.29 is 14.3 Å². The average Bonchev–Trinajstić information content (AvgIpc) is 2.56. The Morgan fingerprint density at radius 2 is 1.77 bits per heavy atom. The summed E-state index contributed by atoms with van der Waals surface area (Å²) in [5.41, 5.74) is 10.3. The molecule has 0 aromatic heterocycles. The molecule has 0 aliphatic rings. The molecule has 0 fully saturated rings. The lowest BCUT2D eigenvalue weighted by molar-refractivity contribution is -0.139. The van der Waals surface area contributed by atoms with Gasteiger partial charge in [0, 0.05) is 0 Å². The van der Waals surface area contributed by atoms with Crippen LogP contribution < -0.4 is 0 Å². The van der Waals surface area contributed by atoms with Gasteiger partial charge in [0.15, 0.2) is 0 Å². The summed E-state index contributed by atoms with van der Waals surface area (Å²) >= 11 is 0. The maximum Gasteiger partial charge on any atom is 0.422 e. The van der Waals surface area contributed by atoms with Gasteiger partial charge in [0.05, 0.1) is 17.9 Å². The second kappa shape index (κ2) is 7.61. The van der Waals surface area contributed by atoms with Crippen LogP contribution in [0.4, 0.5) is 11.4 Å². The Morgan fingerprint density at radius 3 is 2.45 bits per heavy atom. The third kappa shape index (κ3) is 3.71. The third-order valence-electron chi connectivity index (χ3n) is 2.76. The van der Waals surface area contributed by atoms with Crippen molar-refractivity contribution in [1.29, 1.82) is 0 Å². The highest BCUT2D eigenvalue weighted by Crippen LogP contribution is 2.22. The predicted octanol–water partition coefficient (Wildman–Crippen LogP) is 3.68. The summed E-state index contributed by atoms with van der Waals surface area (Å²) in [7, 11) is 0. The first kappa shape index (κ1) is 15.3. The zero-order chi connectivity index (χ0) is 15.8. The minimum atomic E-state index is -0.715. The number of carbonyl (C=O) groups excluding carboxylic acids is 1. The van der Waals surface area contributed by atoms with Gasteiger partial charge in [0.2, 0.25) is 0 Å². The number of nitrogens with zero attached hydrogens (tertiary/aromatic N) is 4. The molecule has 110 valence electrons. The number of hydrogen-bond donors (Lipinski definition) is 0. The number of carbonyl (C=O) groups is 1. The van der Waals surface area contributed by atoms with Crippen molar-refractivity contribution >= 4 is 23.1 Å². The van der Waals surface area contributed by atoms with Crippen molar-refractivity contribution in [3.8, 4) is 0 Å². The van der Waals surface area contributed by atoms with E-state index < -0.39 is 5.97 Å². The molecule has 0 saturated heterocycles. The molecule has 0 heterocycles. The molecule has 0 atom stereocenters. The van der Waals surface area contributed by atoms with E-state index in [1.54, 1.807) is 43.3 Å². The molecule has 0 bridgehead atoms. The van der Waals surface area contributed by atoms with Gasteiger partial charge in [0.1, 0.15) is 5.69 Å². The van der Waals surface area contributed by atoms with E-state index in [0.29, 0.717) is 16.9 Å². The molecule has 0 aliphatic heterocycles. The Kier molecular flexibility index (Phi) is 5.29. The first-order chi connectivity index (χ1) is 10.8. The van der Waals surface area contributed by atoms with E-state index in [1.165, 1.54) is 0 Å². The van der Waals surface area contributed by atoms with Crippen LogP contribution in [-0.4, -0.2) is 23.1 Å². The van der Waals surface area contributed by atoms with E-state index in [2.05, 4.69) is 15.0 Å². The van der Waals surface area contributed by atoms with Crippen molar-refractivity contribution in [3.05, 3.63) is 65.7 Å². The maximum atomic E-state index is 11.8. The minimum Gasteiger partial charge on any atom is -0.457 e. The number of hydrogen-bond acceptors (Lipinski definition) is 4. The monoisotopic (exact) mass is 294 g/mol. The van der Waals surface area contributed by atoms with Gasteiger partial charge in [-0.3, -0.25) is 0 Å². The van der Waals surface area contributed by atoms with Crippen molar-refractivity contribution in [3.63, 3.8) is 0 Å². The second-order valence-electron chi connectivity index (χ2n) is 4.22. The Morgan fingerprint density at radius 1 is 1.09 bits per heavy atom. The molecule has 2 rings (SSSR count). The van der Waals surface area contributed by atoms with Gasteiger partial charge >= 0.3 is 11.7 Å². The number of esters is 1. The molecule has 0 radical (unpaired) electrons. The SMILES string of the molecule is CCOC(=O)C(=[N+]=[N-])c1ccccc1N=Nc1ccccc1. The summed E-state index contributed by atoms with van der Waals surface area (Å²) < 4.78 is 4.87. The Labute approximate surface area is 127 Å². The fourth-order valence-corrected chi connectivity index (χ4v) is 1.77. The number of azo groups is 1. The van der Waals surface area contributed by atoms with Crippen LogP contribution in [0, 0.1) is 0 Å². The first-order valence-corrected chi connectivity index (χ1v) is 6.71. The van der Waals surface area contributed by atoms with E-state index in [9.17, 15) is 4.79 Å². The van der Waals surface area contributed by atoms with Crippen LogP contribution in [0.2, 0.25) is 0 Å². The van der Waals surface area contributed by atoms with Gasteiger partial charge in [-0.15, -0.1) is 5.11 Å². The van der Waals surface area contributed by atoms with Crippen molar-refractivity contribution in [1.82, 2.24) is 0 Å². The molecule has 6 nitrogen and oxygen atoms in total. The number of benzene rings is 2. The Balaban J connectivity index is 2.36. The Bertz CT molecular complexity index is 735. The highest BCUT2D eigenvalue weighted by molar-refractivity contribution is 6.41. The van der Waals surface area contributed by atoms with E-state index in [4.69, 9.17) is 10.3 Å². The van der Waals surface area contributed by atoms with E-state index >= 15 is 0 Å². The van der Waals surface area contributed by atoms with Gasteiger partial charge in [-0.05, 0) is 31.2 Å². The normalized spacial score (nSPS) is 10.2. The molecule has 0 aliphatic carbocycles. The van der Waals surface area contributed by atoms with Crippen LogP contribution in [0.15, 0.2) is 64.8 Å². The third-order valence-corrected chi connectivity index (χ3v) is 2.76. The highest BCUT2D eigenvalue weighted by atomic mass is 16.5. The number of ether oxygens (including phenoxy) is 1. The largest absolute Gasteiger partial charge is 0.457 e. The molecule has 0 unspecified atom stereocenters. The predicted molar refractivity (Wildman–Crippen MR) is 81.4 cm³/mol. The van der Waals surface area contributed by atoms with Crippen LogP contribution in [0.25, 0.3) is 5.53 Å². The molecule has 6 heteroatoms. The fourth-order valence-electron chi connectivity index (χ4n) is 1.77. The second-order valence-corrected chi connectivity index (χ2v) is 4.22. The fraction of sp³-hybridized carbons (Fsp3) is 0.125. The van der Waals surface area contributed by atoms with E-state index in [-0.39, 0.29) is 12.3 Å². The smallest absolute Gasteiger partial charge is 0.422 e. The summed E-state index contributed by atoms with van der Waals surface area (Å²) in [6.07, 6.45) is 0. The molecule has 22 heavy (non-hydrogen) atoms. The highest BCUT2D eigenvalue weighted by Gasteiger charge is 2.27. The van der Waals surface area contributed by atoms with Gasteiger partial charge < -0.3 is 10.3 Å². The summed E-state index contributed by atoms with van der Waals surface area (Å²) in [6, 6.07) is 15.9. The van der Waals surface area contributed by atoms with Crippen LogP contribution in [-0.2, 0) is 9.53 Å². The summed E-state index contributed by atoms with van der Waals surface area (Å²) in [5.74, 6) is -0.715. The van der Waals surface area contributed by atoms with Gasteiger partial charge in [-0.1, -0.05) is 30.3 Å². The van der Waals surface area contributed by atoms with Gasteiger partial charge in [-0.25, -0.2) is 4.79 Å². The number of rotatable bonds is 5. The maximum absolute atomic E-state index is 11.8. The molecule has 0 saturated carbocycles. The zero-order valence-corrected chi connectivity index (χ0v) is 12.0. The van der Waals surface area contributed by atoms with Gasteiger partial charge in [0.25, 0.3) is 0 Å². The molecular weight excluding hydrogens is 280 g/mol. The lowest BCUT2D eigenvalue weighted by atomic mass is 10.1. The van der Waals surface area contributed by atoms with Crippen LogP contribution in [0.5, 0.6) is 0 Å². The topological polar surface area (TPSA) is 87.4 Å². The van der Waals surface area contributed by atoms with Crippen LogP contribution >= 0.6 is 0 Å². The zero-order valence-electron chi connectivity index (χ0n) is 12.0. The molecule has 2 aromatic rings. The average molecular weight is 294 g/mol.